The van der Waals surface area contributed by atoms with Crippen LogP contribution in [0.3, 0.4) is 0 Å². The lowest BCUT2D eigenvalue weighted by molar-refractivity contribution is -0.115. The van der Waals surface area contributed by atoms with Crippen LogP contribution in [0.5, 0.6) is 0 Å². The van der Waals surface area contributed by atoms with Crippen molar-refractivity contribution in [2.45, 2.75) is 13.3 Å². The summed E-state index contributed by atoms with van der Waals surface area (Å²) in [5, 5.41) is 5.72. The van der Waals surface area contributed by atoms with Crippen molar-refractivity contribution < 1.29 is 14.0 Å². The second kappa shape index (κ2) is 7.36. The van der Waals surface area contributed by atoms with E-state index in [1.807, 2.05) is 0 Å². The molecule has 22 heavy (non-hydrogen) atoms. The number of hydrogen-bond acceptors (Lipinski definition) is 3. The topological polar surface area (TPSA) is 58.2 Å². The first kappa shape index (κ1) is 15.7. The number of ketones is 1. The van der Waals surface area contributed by atoms with Gasteiger partial charge in [0.15, 0.2) is 5.78 Å². The maximum atomic E-state index is 13.0. The van der Waals surface area contributed by atoms with E-state index < -0.39 is 0 Å². The molecule has 4 nitrogen and oxygen atoms in total. The third kappa shape index (κ3) is 4.70. The van der Waals surface area contributed by atoms with Gasteiger partial charge in [0, 0.05) is 29.9 Å². The van der Waals surface area contributed by atoms with Crippen LogP contribution in [-0.2, 0) is 4.79 Å². The number of Topliss-reactive ketones (excluding diaryl/α,β-unsaturated/α-hetero) is 1. The summed E-state index contributed by atoms with van der Waals surface area (Å²) in [4.78, 5) is 22.9. The number of rotatable bonds is 6. The summed E-state index contributed by atoms with van der Waals surface area (Å²) in [6.07, 6.45) is 0.255. The van der Waals surface area contributed by atoms with Crippen LogP contribution in [0.25, 0.3) is 0 Å². The van der Waals surface area contributed by atoms with Crippen molar-refractivity contribution >= 4 is 23.1 Å². The van der Waals surface area contributed by atoms with E-state index in [0.717, 1.165) is 5.69 Å². The quantitative estimate of drug-likeness (QED) is 0.803. The zero-order valence-electron chi connectivity index (χ0n) is 12.2. The number of benzene rings is 2. The molecule has 0 aliphatic rings. The number of carbonyl (C=O) groups excluding carboxylic acids is 2. The SMILES string of the molecule is CC(=O)c1ccc(NCCC(=O)Nc2cccc(F)c2)cc1. The molecule has 5 heteroatoms. The first-order valence-corrected chi connectivity index (χ1v) is 6.95. The van der Waals surface area contributed by atoms with Crippen molar-refractivity contribution in [2.24, 2.45) is 0 Å². The Labute approximate surface area is 128 Å². The van der Waals surface area contributed by atoms with E-state index in [0.29, 0.717) is 17.8 Å². The van der Waals surface area contributed by atoms with Crippen LogP contribution < -0.4 is 10.6 Å². The molecule has 0 bridgehead atoms. The van der Waals surface area contributed by atoms with Gasteiger partial charge in [-0.25, -0.2) is 4.39 Å². The van der Waals surface area contributed by atoms with Gasteiger partial charge in [-0.2, -0.15) is 0 Å². The molecular formula is C17H17FN2O2. The molecule has 2 aromatic rings. The summed E-state index contributed by atoms with van der Waals surface area (Å²) in [5.41, 5.74) is 1.92. The summed E-state index contributed by atoms with van der Waals surface area (Å²) in [7, 11) is 0. The van der Waals surface area contributed by atoms with Crippen molar-refractivity contribution in [3.05, 3.63) is 59.9 Å². The monoisotopic (exact) mass is 300 g/mol. The maximum absolute atomic E-state index is 13.0. The molecule has 0 aromatic heterocycles. The van der Waals surface area contributed by atoms with Crippen molar-refractivity contribution in [1.29, 1.82) is 0 Å². The van der Waals surface area contributed by atoms with Crippen LogP contribution in [0.4, 0.5) is 15.8 Å². The molecule has 0 aliphatic heterocycles. The molecule has 0 radical (unpaired) electrons. The summed E-state index contributed by atoms with van der Waals surface area (Å²) in [6.45, 7) is 1.96. The fourth-order valence-electron chi connectivity index (χ4n) is 1.93. The molecular weight excluding hydrogens is 283 g/mol. The van der Waals surface area contributed by atoms with Gasteiger partial charge in [-0.15, -0.1) is 0 Å². The molecule has 0 heterocycles. The molecule has 0 saturated heterocycles. The minimum absolute atomic E-state index is 0.0148. The zero-order chi connectivity index (χ0) is 15.9. The Morgan fingerprint density at radius 2 is 1.77 bits per heavy atom. The van der Waals surface area contributed by atoms with Crippen LogP contribution >= 0.6 is 0 Å². The highest BCUT2D eigenvalue weighted by Crippen LogP contribution is 2.11. The number of nitrogens with one attached hydrogen (secondary N) is 2. The summed E-state index contributed by atoms with van der Waals surface area (Å²) < 4.78 is 13.0. The van der Waals surface area contributed by atoms with Gasteiger partial charge in [-0.05, 0) is 49.4 Å². The molecule has 0 aliphatic carbocycles. The highest BCUT2D eigenvalue weighted by atomic mass is 19.1. The molecule has 0 fully saturated rings. The number of hydrogen-bond donors (Lipinski definition) is 2. The van der Waals surface area contributed by atoms with Gasteiger partial charge in [-0.3, -0.25) is 9.59 Å². The minimum Gasteiger partial charge on any atom is -0.385 e. The zero-order valence-corrected chi connectivity index (χ0v) is 12.2. The van der Waals surface area contributed by atoms with Crippen LogP contribution in [0.15, 0.2) is 48.5 Å². The first-order chi connectivity index (χ1) is 10.5. The van der Waals surface area contributed by atoms with Gasteiger partial charge in [0.05, 0.1) is 0 Å². The van der Waals surface area contributed by atoms with E-state index in [1.165, 1.54) is 19.1 Å². The summed E-state index contributed by atoms with van der Waals surface area (Å²) in [6, 6.07) is 12.8. The van der Waals surface area contributed by atoms with Gasteiger partial charge in [0.1, 0.15) is 5.82 Å². The van der Waals surface area contributed by atoms with Gasteiger partial charge < -0.3 is 10.6 Å². The van der Waals surface area contributed by atoms with Crippen molar-refractivity contribution in [1.82, 2.24) is 0 Å². The molecule has 0 unspecified atom stereocenters. The maximum Gasteiger partial charge on any atom is 0.226 e. The third-order valence-electron chi connectivity index (χ3n) is 3.08. The summed E-state index contributed by atoms with van der Waals surface area (Å²) in [5.74, 6) is -0.569. The molecule has 114 valence electrons. The van der Waals surface area contributed by atoms with E-state index >= 15 is 0 Å². The van der Waals surface area contributed by atoms with Crippen LogP contribution in [0.1, 0.15) is 23.7 Å². The number of anilines is 2. The van der Waals surface area contributed by atoms with E-state index in [4.69, 9.17) is 0 Å². The highest BCUT2D eigenvalue weighted by molar-refractivity contribution is 5.94. The van der Waals surface area contributed by atoms with Gasteiger partial charge in [-0.1, -0.05) is 6.07 Å². The Bertz CT molecular complexity index is 669. The Morgan fingerprint density at radius 3 is 2.41 bits per heavy atom. The summed E-state index contributed by atoms with van der Waals surface area (Å²) >= 11 is 0. The lowest BCUT2D eigenvalue weighted by Gasteiger charge is -2.08. The second-order valence-electron chi connectivity index (χ2n) is 4.87. The van der Waals surface area contributed by atoms with E-state index in [1.54, 1.807) is 36.4 Å². The Hall–Kier alpha value is -2.69. The lowest BCUT2D eigenvalue weighted by atomic mass is 10.1. The van der Waals surface area contributed by atoms with Crippen LogP contribution in [0, 0.1) is 5.82 Å². The van der Waals surface area contributed by atoms with Gasteiger partial charge in [0.2, 0.25) is 5.91 Å². The molecule has 0 spiro atoms. The predicted molar refractivity (Wildman–Crippen MR) is 84.6 cm³/mol. The highest BCUT2D eigenvalue weighted by Gasteiger charge is 2.03. The van der Waals surface area contributed by atoms with E-state index in [2.05, 4.69) is 10.6 Å². The van der Waals surface area contributed by atoms with Crippen LogP contribution in [-0.4, -0.2) is 18.2 Å². The smallest absolute Gasteiger partial charge is 0.226 e. The minimum atomic E-state index is -0.388. The number of amides is 1. The Morgan fingerprint density at radius 1 is 1.05 bits per heavy atom. The van der Waals surface area contributed by atoms with Crippen molar-refractivity contribution in [2.75, 3.05) is 17.2 Å². The molecule has 0 saturated carbocycles. The van der Waals surface area contributed by atoms with E-state index in [9.17, 15) is 14.0 Å². The molecule has 2 aromatic carbocycles. The van der Waals surface area contributed by atoms with Gasteiger partial charge >= 0.3 is 0 Å². The van der Waals surface area contributed by atoms with Gasteiger partial charge in [0.25, 0.3) is 0 Å². The fraction of sp³-hybridized carbons (Fsp3) is 0.176. The molecule has 0 atom stereocenters. The van der Waals surface area contributed by atoms with Crippen molar-refractivity contribution in [3.8, 4) is 0 Å². The molecule has 2 rings (SSSR count). The average molecular weight is 300 g/mol. The largest absolute Gasteiger partial charge is 0.385 e. The average Bonchev–Trinajstić information content (AvgIpc) is 2.47. The van der Waals surface area contributed by atoms with Crippen LogP contribution in [0.2, 0.25) is 0 Å². The lowest BCUT2D eigenvalue weighted by Crippen LogP contribution is -2.16. The molecule has 2 N–H and O–H groups in total. The first-order valence-electron chi connectivity index (χ1n) is 6.95. The third-order valence-corrected chi connectivity index (χ3v) is 3.08. The molecule has 1 amide bonds. The Kier molecular flexibility index (Phi) is 5.25. The van der Waals surface area contributed by atoms with Crippen molar-refractivity contribution in [3.63, 3.8) is 0 Å². The second-order valence-corrected chi connectivity index (χ2v) is 4.87. The standard InChI is InChI=1S/C17H17FN2O2/c1-12(21)13-5-7-15(8-6-13)19-10-9-17(22)20-16-4-2-3-14(18)11-16/h2-8,11,19H,9-10H2,1H3,(H,20,22). The normalized spacial score (nSPS) is 10.1. The number of carbonyl (C=O) groups is 2. The Balaban J connectivity index is 1.78. The fourth-order valence-corrected chi connectivity index (χ4v) is 1.93. The number of halogens is 1. The van der Waals surface area contributed by atoms with E-state index in [-0.39, 0.29) is 23.9 Å². The predicted octanol–water partition coefficient (Wildman–Crippen LogP) is 3.47.